The molecule has 0 spiro atoms. The van der Waals surface area contributed by atoms with E-state index in [1.807, 2.05) is 0 Å². The molecular weight excluding hydrogens is 306 g/mol. The van der Waals surface area contributed by atoms with Gasteiger partial charge in [-0.25, -0.2) is 4.79 Å². The number of benzene rings is 2. The lowest BCUT2D eigenvalue weighted by molar-refractivity contribution is 0.0698. The van der Waals surface area contributed by atoms with Gasteiger partial charge in [0.25, 0.3) is 5.91 Å². The van der Waals surface area contributed by atoms with Crippen LogP contribution in [0.3, 0.4) is 0 Å². The molecule has 126 valence electrons. The summed E-state index contributed by atoms with van der Waals surface area (Å²) in [5.74, 6) is -0.983. The van der Waals surface area contributed by atoms with E-state index in [1.54, 1.807) is 42.5 Å². The maximum Gasteiger partial charge on any atom is 0.337 e. The number of ether oxygens (including phenoxy) is 1. The average molecular weight is 327 g/mol. The predicted molar refractivity (Wildman–Crippen MR) is 92.8 cm³/mol. The second kappa shape index (κ2) is 8.72. The van der Waals surface area contributed by atoms with Crippen molar-refractivity contribution < 1.29 is 19.4 Å². The summed E-state index contributed by atoms with van der Waals surface area (Å²) in [6.07, 6.45) is 3.09. The van der Waals surface area contributed by atoms with Crippen LogP contribution < -0.4 is 10.1 Å². The number of amides is 1. The summed E-state index contributed by atoms with van der Waals surface area (Å²) < 4.78 is 5.70. The van der Waals surface area contributed by atoms with Crippen LogP contribution in [0.5, 0.6) is 5.75 Å². The zero-order valence-electron chi connectivity index (χ0n) is 13.6. The summed E-state index contributed by atoms with van der Waals surface area (Å²) in [5.41, 5.74) is 0.692. The first-order valence-corrected chi connectivity index (χ1v) is 7.99. The molecule has 0 unspecified atom stereocenters. The molecule has 1 amide bonds. The molecule has 2 rings (SSSR count). The molecule has 0 saturated heterocycles. The number of hydrogen-bond donors (Lipinski definition) is 2. The summed E-state index contributed by atoms with van der Waals surface area (Å²) in [5, 5.41) is 11.8. The lowest BCUT2D eigenvalue weighted by atomic mass is 10.1. The average Bonchev–Trinajstić information content (AvgIpc) is 2.59. The molecule has 0 atom stereocenters. The summed E-state index contributed by atoms with van der Waals surface area (Å²) in [7, 11) is 0. The highest BCUT2D eigenvalue weighted by Gasteiger charge is 2.16. The van der Waals surface area contributed by atoms with Gasteiger partial charge in [-0.2, -0.15) is 0 Å². The van der Waals surface area contributed by atoms with Gasteiger partial charge in [-0.1, -0.05) is 44.0 Å². The Morgan fingerprint density at radius 1 is 1.00 bits per heavy atom. The van der Waals surface area contributed by atoms with E-state index in [2.05, 4.69) is 12.2 Å². The van der Waals surface area contributed by atoms with E-state index in [1.165, 1.54) is 6.07 Å². The largest absolute Gasteiger partial charge is 0.493 e. The van der Waals surface area contributed by atoms with Gasteiger partial charge in [-0.3, -0.25) is 4.79 Å². The first-order valence-electron chi connectivity index (χ1n) is 7.99. The number of carbonyl (C=O) groups is 2. The minimum Gasteiger partial charge on any atom is -0.493 e. The monoisotopic (exact) mass is 327 g/mol. The number of aromatic carboxylic acids is 1. The van der Waals surface area contributed by atoms with Gasteiger partial charge in [-0.15, -0.1) is 0 Å². The Hall–Kier alpha value is -2.82. The van der Waals surface area contributed by atoms with Gasteiger partial charge in [-0.05, 0) is 30.7 Å². The fourth-order valence-corrected chi connectivity index (χ4v) is 2.28. The zero-order chi connectivity index (χ0) is 17.4. The summed E-state index contributed by atoms with van der Waals surface area (Å²) >= 11 is 0. The predicted octanol–water partition coefficient (Wildman–Crippen LogP) is 4.21. The fourth-order valence-electron chi connectivity index (χ4n) is 2.28. The van der Waals surface area contributed by atoms with Crippen LogP contribution in [0.25, 0.3) is 0 Å². The van der Waals surface area contributed by atoms with Crippen molar-refractivity contribution in [1.29, 1.82) is 0 Å². The quantitative estimate of drug-likeness (QED) is 0.712. The van der Waals surface area contributed by atoms with Gasteiger partial charge in [0, 0.05) is 0 Å². The van der Waals surface area contributed by atoms with Crippen molar-refractivity contribution in [3.63, 3.8) is 0 Å². The highest BCUT2D eigenvalue weighted by molar-refractivity contribution is 6.09. The van der Waals surface area contributed by atoms with E-state index < -0.39 is 11.9 Å². The highest BCUT2D eigenvalue weighted by Crippen LogP contribution is 2.22. The number of anilines is 1. The van der Waals surface area contributed by atoms with Crippen molar-refractivity contribution in [3.8, 4) is 5.75 Å². The number of hydrogen-bond acceptors (Lipinski definition) is 3. The van der Waals surface area contributed by atoms with Gasteiger partial charge < -0.3 is 15.2 Å². The second-order valence-corrected chi connectivity index (χ2v) is 5.36. The zero-order valence-corrected chi connectivity index (χ0v) is 13.6. The van der Waals surface area contributed by atoms with E-state index in [0.29, 0.717) is 17.9 Å². The molecule has 24 heavy (non-hydrogen) atoms. The third-order valence-corrected chi connectivity index (χ3v) is 3.54. The van der Waals surface area contributed by atoms with Gasteiger partial charge >= 0.3 is 5.97 Å². The van der Waals surface area contributed by atoms with E-state index in [0.717, 1.165) is 19.3 Å². The molecule has 2 N–H and O–H groups in total. The summed E-state index contributed by atoms with van der Waals surface area (Å²) in [6, 6.07) is 13.3. The Morgan fingerprint density at radius 3 is 2.38 bits per heavy atom. The minimum atomic E-state index is -1.09. The maximum atomic E-state index is 12.5. The number of rotatable bonds is 8. The number of carbonyl (C=O) groups excluding carboxylic acids is 1. The van der Waals surface area contributed by atoms with Gasteiger partial charge in [0.05, 0.1) is 23.4 Å². The number of carboxylic acids is 1. The summed E-state index contributed by atoms with van der Waals surface area (Å²) in [6.45, 7) is 2.66. The molecule has 0 saturated carbocycles. The van der Waals surface area contributed by atoms with Crippen LogP contribution in [0.2, 0.25) is 0 Å². The van der Waals surface area contributed by atoms with Crippen molar-refractivity contribution >= 4 is 17.6 Å². The molecular formula is C19H21NO4. The third-order valence-electron chi connectivity index (χ3n) is 3.54. The SMILES string of the molecule is CCCCCOc1ccccc1C(=O)Nc1ccccc1C(=O)O. The molecule has 0 aliphatic heterocycles. The molecule has 0 aromatic heterocycles. The highest BCUT2D eigenvalue weighted by atomic mass is 16.5. The van der Waals surface area contributed by atoms with E-state index in [-0.39, 0.29) is 11.3 Å². The van der Waals surface area contributed by atoms with Crippen LogP contribution in [0.15, 0.2) is 48.5 Å². The molecule has 0 aliphatic carbocycles. The number of unbranched alkanes of at least 4 members (excludes halogenated alkanes) is 2. The van der Waals surface area contributed by atoms with Crippen LogP contribution >= 0.6 is 0 Å². The maximum absolute atomic E-state index is 12.5. The van der Waals surface area contributed by atoms with Crippen LogP contribution in [-0.4, -0.2) is 23.6 Å². The van der Waals surface area contributed by atoms with Crippen LogP contribution in [0.1, 0.15) is 46.9 Å². The first-order chi connectivity index (χ1) is 11.6. The van der Waals surface area contributed by atoms with Crippen LogP contribution in [0.4, 0.5) is 5.69 Å². The van der Waals surface area contributed by atoms with Crippen molar-refractivity contribution in [2.24, 2.45) is 0 Å². The smallest absolute Gasteiger partial charge is 0.337 e. The Kier molecular flexibility index (Phi) is 6.37. The van der Waals surface area contributed by atoms with Gasteiger partial charge in [0.15, 0.2) is 0 Å². The normalized spacial score (nSPS) is 10.2. The van der Waals surface area contributed by atoms with E-state index in [4.69, 9.17) is 4.74 Å². The van der Waals surface area contributed by atoms with Crippen molar-refractivity contribution in [2.45, 2.75) is 26.2 Å². The van der Waals surface area contributed by atoms with E-state index >= 15 is 0 Å². The molecule has 2 aromatic rings. The molecule has 0 fully saturated rings. The Bertz CT molecular complexity index is 712. The Balaban J connectivity index is 2.14. The Morgan fingerprint density at radius 2 is 1.67 bits per heavy atom. The fraction of sp³-hybridized carbons (Fsp3) is 0.263. The standard InChI is InChI=1S/C19H21NO4/c1-2-3-8-13-24-17-12-7-5-10-15(17)18(21)20-16-11-6-4-9-14(16)19(22)23/h4-7,9-12H,2-3,8,13H2,1H3,(H,20,21)(H,22,23). The third kappa shape index (κ3) is 4.59. The molecule has 0 radical (unpaired) electrons. The molecule has 0 heterocycles. The molecule has 0 bridgehead atoms. The Labute approximate surface area is 141 Å². The van der Waals surface area contributed by atoms with Crippen molar-refractivity contribution in [1.82, 2.24) is 0 Å². The number of para-hydroxylation sites is 2. The van der Waals surface area contributed by atoms with Gasteiger partial charge in [0.1, 0.15) is 5.75 Å². The second-order valence-electron chi connectivity index (χ2n) is 5.36. The lowest BCUT2D eigenvalue weighted by Crippen LogP contribution is -2.16. The number of carboxylic acid groups (broad SMARTS) is 1. The van der Waals surface area contributed by atoms with E-state index in [9.17, 15) is 14.7 Å². The number of nitrogens with one attached hydrogen (secondary N) is 1. The van der Waals surface area contributed by atoms with Crippen LogP contribution in [0, 0.1) is 0 Å². The van der Waals surface area contributed by atoms with Crippen molar-refractivity contribution in [3.05, 3.63) is 59.7 Å². The molecule has 0 aliphatic rings. The minimum absolute atomic E-state index is 0.0483. The van der Waals surface area contributed by atoms with Crippen molar-refractivity contribution in [2.75, 3.05) is 11.9 Å². The molecule has 5 nitrogen and oxygen atoms in total. The van der Waals surface area contributed by atoms with Crippen LogP contribution in [-0.2, 0) is 0 Å². The molecule has 5 heteroatoms. The first kappa shape index (κ1) is 17.5. The van der Waals surface area contributed by atoms with Gasteiger partial charge in [0.2, 0.25) is 0 Å². The summed E-state index contributed by atoms with van der Waals surface area (Å²) in [4.78, 5) is 23.7. The topological polar surface area (TPSA) is 75.6 Å². The lowest BCUT2D eigenvalue weighted by Gasteiger charge is -2.12. The molecule has 2 aromatic carbocycles.